The molecule has 116 valence electrons. The monoisotopic (exact) mass is 294 g/mol. The summed E-state index contributed by atoms with van der Waals surface area (Å²) in [6.07, 6.45) is 1.59. The largest absolute Gasteiger partial charge is 0.480 e. The van der Waals surface area contributed by atoms with Crippen LogP contribution in [0.5, 0.6) is 0 Å². The number of aromatic amines is 1. The maximum atomic E-state index is 12.5. The zero-order valence-corrected chi connectivity index (χ0v) is 12.9. The highest BCUT2D eigenvalue weighted by molar-refractivity contribution is 5.93. The van der Waals surface area contributed by atoms with Gasteiger partial charge >= 0.3 is 12.0 Å². The summed E-state index contributed by atoms with van der Waals surface area (Å²) >= 11 is 0. The van der Waals surface area contributed by atoms with E-state index in [9.17, 15) is 14.7 Å². The average molecular weight is 294 g/mol. The third kappa shape index (κ3) is 2.86. The zero-order valence-electron chi connectivity index (χ0n) is 12.9. The third-order valence-corrected chi connectivity index (χ3v) is 4.13. The number of amides is 2. The number of H-pyrrole nitrogens is 1. The van der Waals surface area contributed by atoms with Gasteiger partial charge < -0.3 is 15.3 Å². The summed E-state index contributed by atoms with van der Waals surface area (Å²) in [6, 6.07) is -1.21. The fourth-order valence-corrected chi connectivity index (χ4v) is 2.99. The fourth-order valence-electron chi connectivity index (χ4n) is 2.99. The standard InChI is InChI=1S/C14H22N4O3/c1-8-10(9(2)17-16-8)15-13(21)18-7-5-6-14(3,4)11(18)12(19)20/h11H,5-7H2,1-4H3,(H,15,21)(H,16,17)(H,19,20). The van der Waals surface area contributed by atoms with Crippen LogP contribution >= 0.6 is 0 Å². The molecule has 0 radical (unpaired) electrons. The summed E-state index contributed by atoms with van der Waals surface area (Å²) in [5.74, 6) is -0.963. The lowest BCUT2D eigenvalue weighted by molar-refractivity contribution is -0.148. The number of nitrogens with zero attached hydrogens (tertiary/aromatic N) is 2. The Morgan fingerprint density at radius 1 is 1.43 bits per heavy atom. The van der Waals surface area contributed by atoms with Crippen molar-refractivity contribution < 1.29 is 14.7 Å². The number of carboxylic acids is 1. The van der Waals surface area contributed by atoms with Crippen molar-refractivity contribution in [2.24, 2.45) is 5.41 Å². The number of aromatic nitrogens is 2. The molecule has 2 amide bonds. The highest BCUT2D eigenvalue weighted by Crippen LogP contribution is 2.35. The van der Waals surface area contributed by atoms with Gasteiger partial charge in [-0.3, -0.25) is 5.10 Å². The van der Waals surface area contributed by atoms with Crippen molar-refractivity contribution in [3.05, 3.63) is 11.4 Å². The molecule has 1 aromatic heterocycles. The summed E-state index contributed by atoms with van der Waals surface area (Å²) in [5, 5.41) is 19.1. The van der Waals surface area contributed by atoms with E-state index < -0.39 is 17.4 Å². The van der Waals surface area contributed by atoms with Gasteiger partial charge in [-0.15, -0.1) is 0 Å². The van der Waals surface area contributed by atoms with Gasteiger partial charge in [-0.1, -0.05) is 13.8 Å². The summed E-state index contributed by atoms with van der Waals surface area (Å²) < 4.78 is 0. The van der Waals surface area contributed by atoms with Crippen LogP contribution in [0.1, 0.15) is 38.1 Å². The van der Waals surface area contributed by atoms with Crippen LogP contribution in [-0.4, -0.2) is 44.8 Å². The Kier molecular flexibility index (Phi) is 3.93. The Hall–Kier alpha value is -2.05. The molecule has 3 N–H and O–H groups in total. The number of aryl methyl sites for hydroxylation is 2. The molecular weight excluding hydrogens is 272 g/mol. The number of carbonyl (C=O) groups is 2. The number of nitrogens with one attached hydrogen (secondary N) is 2. The average Bonchev–Trinajstić information content (AvgIpc) is 2.68. The molecule has 1 saturated heterocycles. The molecule has 0 aromatic carbocycles. The van der Waals surface area contributed by atoms with Crippen molar-refractivity contribution in [1.82, 2.24) is 15.1 Å². The minimum Gasteiger partial charge on any atom is -0.480 e. The van der Waals surface area contributed by atoms with Gasteiger partial charge in [0.05, 0.1) is 17.1 Å². The van der Waals surface area contributed by atoms with Crippen LogP contribution in [0.3, 0.4) is 0 Å². The van der Waals surface area contributed by atoms with E-state index in [2.05, 4.69) is 15.5 Å². The second kappa shape index (κ2) is 5.38. The van der Waals surface area contributed by atoms with Gasteiger partial charge in [0.2, 0.25) is 0 Å². The normalized spacial score (nSPS) is 21.1. The Bertz CT molecular complexity index is 545. The van der Waals surface area contributed by atoms with Crippen LogP contribution in [0.15, 0.2) is 0 Å². The molecule has 7 heteroatoms. The molecule has 1 aromatic rings. The van der Waals surface area contributed by atoms with Crippen molar-refractivity contribution in [3.8, 4) is 0 Å². The molecule has 1 aliphatic heterocycles. The van der Waals surface area contributed by atoms with E-state index in [1.54, 1.807) is 6.92 Å². The van der Waals surface area contributed by atoms with Crippen molar-refractivity contribution in [1.29, 1.82) is 0 Å². The molecule has 0 saturated carbocycles. The van der Waals surface area contributed by atoms with Gasteiger partial charge in [0.15, 0.2) is 0 Å². The van der Waals surface area contributed by atoms with Gasteiger partial charge in [0.1, 0.15) is 6.04 Å². The minimum absolute atomic E-state index is 0.386. The zero-order chi connectivity index (χ0) is 15.8. The lowest BCUT2D eigenvalue weighted by Crippen LogP contribution is -2.57. The van der Waals surface area contributed by atoms with E-state index in [1.807, 2.05) is 20.8 Å². The number of carboxylic acid groups (broad SMARTS) is 1. The molecule has 0 spiro atoms. The first-order valence-electron chi connectivity index (χ1n) is 7.06. The van der Waals surface area contributed by atoms with E-state index in [-0.39, 0.29) is 6.03 Å². The minimum atomic E-state index is -0.963. The van der Waals surface area contributed by atoms with Crippen LogP contribution in [-0.2, 0) is 4.79 Å². The van der Waals surface area contributed by atoms with Crippen LogP contribution in [0.4, 0.5) is 10.5 Å². The van der Waals surface area contributed by atoms with Crippen molar-refractivity contribution in [2.45, 2.75) is 46.6 Å². The summed E-state index contributed by atoms with van der Waals surface area (Å²) in [7, 11) is 0. The van der Waals surface area contributed by atoms with Crippen molar-refractivity contribution >= 4 is 17.7 Å². The molecule has 21 heavy (non-hydrogen) atoms. The van der Waals surface area contributed by atoms with E-state index in [0.29, 0.717) is 17.9 Å². The van der Waals surface area contributed by atoms with Gasteiger partial charge in [0.25, 0.3) is 0 Å². The molecular formula is C14H22N4O3. The Morgan fingerprint density at radius 2 is 2.10 bits per heavy atom. The van der Waals surface area contributed by atoms with Crippen LogP contribution < -0.4 is 5.32 Å². The summed E-state index contributed by atoms with van der Waals surface area (Å²) in [5.41, 5.74) is 1.61. The number of hydrogen-bond donors (Lipinski definition) is 3. The Labute approximate surface area is 123 Å². The molecule has 1 atom stereocenters. The number of anilines is 1. The smallest absolute Gasteiger partial charge is 0.327 e. The van der Waals surface area contributed by atoms with Crippen molar-refractivity contribution in [3.63, 3.8) is 0 Å². The van der Waals surface area contributed by atoms with Gasteiger partial charge in [-0.2, -0.15) is 5.10 Å². The second-order valence-corrected chi connectivity index (χ2v) is 6.27. The third-order valence-electron chi connectivity index (χ3n) is 4.13. The molecule has 1 unspecified atom stereocenters. The van der Waals surface area contributed by atoms with Gasteiger partial charge in [0, 0.05) is 6.54 Å². The maximum Gasteiger partial charge on any atom is 0.327 e. The van der Waals surface area contributed by atoms with E-state index in [4.69, 9.17) is 0 Å². The number of carbonyl (C=O) groups excluding carboxylic acids is 1. The number of aliphatic carboxylic acids is 1. The Balaban J connectivity index is 2.23. The number of hydrogen-bond acceptors (Lipinski definition) is 3. The molecule has 1 fully saturated rings. The van der Waals surface area contributed by atoms with E-state index in [0.717, 1.165) is 18.5 Å². The highest BCUT2D eigenvalue weighted by atomic mass is 16.4. The Morgan fingerprint density at radius 3 is 2.62 bits per heavy atom. The fraction of sp³-hybridized carbons (Fsp3) is 0.643. The maximum absolute atomic E-state index is 12.5. The van der Waals surface area contributed by atoms with Gasteiger partial charge in [-0.05, 0) is 32.1 Å². The molecule has 2 heterocycles. The quantitative estimate of drug-likeness (QED) is 0.778. The van der Waals surface area contributed by atoms with E-state index in [1.165, 1.54) is 4.90 Å². The number of urea groups is 1. The van der Waals surface area contributed by atoms with Crippen LogP contribution in [0.25, 0.3) is 0 Å². The van der Waals surface area contributed by atoms with Crippen LogP contribution in [0, 0.1) is 19.3 Å². The predicted molar refractivity (Wildman–Crippen MR) is 78.2 cm³/mol. The molecule has 7 nitrogen and oxygen atoms in total. The molecule has 1 aliphatic rings. The van der Waals surface area contributed by atoms with Crippen molar-refractivity contribution in [2.75, 3.05) is 11.9 Å². The second-order valence-electron chi connectivity index (χ2n) is 6.27. The molecule has 0 bridgehead atoms. The first-order chi connectivity index (χ1) is 9.74. The lowest BCUT2D eigenvalue weighted by Gasteiger charge is -2.43. The first kappa shape index (κ1) is 15.3. The number of rotatable bonds is 2. The van der Waals surface area contributed by atoms with Crippen LogP contribution in [0.2, 0.25) is 0 Å². The molecule has 2 rings (SSSR count). The molecule has 0 aliphatic carbocycles. The lowest BCUT2D eigenvalue weighted by atomic mass is 9.76. The van der Waals surface area contributed by atoms with E-state index >= 15 is 0 Å². The number of likely N-dealkylation sites (tertiary alicyclic amines) is 1. The summed E-state index contributed by atoms with van der Waals surface area (Å²) in [6.45, 7) is 7.82. The highest BCUT2D eigenvalue weighted by Gasteiger charge is 2.44. The SMILES string of the molecule is Cc1n[nH]c(C)c1NC(=O)N1CCCC(C)(C)C1C(=O)O. The summed E-state index contributed by atoms with van der Waals surface area (Å²) in [4.78, 5) is 25.5. The predicted octanol–water partition coefficient (Wildman–Crippen LogP) is 2.13. The topological polar surface area (TPSA) is 98.3 Å². The first-order valence-corrected chi connectivity index (χ1v) is 7.06. The number of piperidine rings is 1. The van der Waals surface area contributed by atoms with Gasteiger partial charge in [-0.25, -0.2) is 9.59 Å².